The molecule has 234 valence electrons. The molecule has 2 aromatic rings. The zero-order valence-corrected chi connectivity index (χ0v) is 26.4. The Labute approximate surface area is 255 Å². The number of Topliss-reactive ketones (excluding diaryl/α,β-unsaturated/α-hetero) is 1. The third-order valence-electron chi connectivity index (χ3n) is 7.78. The van der Waals surface area contributed by atoms with Crippen molar-refractivity contribution >= 4 is 17.4 Å². The smallest absolute Gasteiger partial charge is 0.295 e. The molecule has 2 aliphatic rings. The van der Waals surface area contributed by atoms with E-state index in [0.717, 1.165) is 25.1 Å². The van der Waals surface area contributed by atoms with Crippen molar-refractivity contribution in [3.8, 4) is 17.2 Å². The number of aliphatic hydroxyl groups excluding tert-OH is 1. The normalized spacial score (nSPS) is 19.0. The number of carbonyl (C=O) groups excluding carboxylic acids is 2. The highest BCUT2D eigenvalue weighted by molar-refractivity contribution is 6.46. The van der Waals surface area contributed by atoms with Gasteiger partial charge in [0.2, 0.25) is 0 Å². The topological polar surface area (TPSA) is 97.8 Å². The van der Waals surface area contributed by atoms with E-state index in [1.54, 1.807) is 36.3 Å². The zero-order valence-electron chi connectivity index (χ0n) is 26.4. The van der Waals surface area contributed by atoms with Crippen LogP contribution >= 0.6 is 0 Å². The van der Waals surface area contributed by atoms with Crippen molar-refractivity contribution in [2.75, 3.05) is 59.7 Å². The summed E-state index contributed by atoms with van der Waals surface area (Å²) in [4.78, 5) is 30.9. The fourth-order valence-corrected chi connectivity index (χ4v) is 5.28. The molecule has 2 aliphatic heterocycles. The molecule has 0 bridgehead atoms. The van der Waals surface area contributed by atoms with Gasteiger partial charge in [-0.15, -0.1) is 0 Å². The number of nitrogens with zero attached hydrogens (tertiary/aromatic N) is 2. The van der Waals surface area contributed by atoms with Crippen molar-refractivity contribution in [2.24, 2.45) is 11.8 Å². The second kappa shape index (κ2) is 14.8. The van der Waals surface area contributed by atoms with Crippen LogP contribution < -0.4 is 14.2 Å². The van der Waals surface area contributed by atoms with E-state index in [4.69, 9.17) is 18.9 Å². The van der Waals surface area contributed by atoms with Gasteiger partial charge in [-0.3, -0.25) is 14.5 Å². The van der Waals surface area contributed by atoms with Crippen molar-refractivity contribution in [2.45, 2.75) is 47.1 Å². The van der Waals surface area contributed by atoms with Crippen LogP contribution in [0.25, 0.3) is 5.76 Å². The Morgan fingerprint density at radius 2 is 1.67 bits per heavy atom. The number of hydrogen-bond acceptors (Lipinski definition) is 8. The predicted octanol–water partition coefficient (Wildman–Crippen LogP) is 5.22. The molecule has 9 heteroatoms. The second-order valence-electron chi connectivity index (χ2n) is 12.1. The minimum atomic E-state index is -0.795. The lowest BCUT2D eigenvalue weighted by Gasteiger charge is -2.31. The van der Waals surface area contributed by atoms with Gasteiger partial charge in [0.05, 0.1) is 45.2 Å². The minimum Gasteiger partial charge on any atom is -0.507 e. The number of aryl methyl sites for hydroxylation is 1. The molecule has 1 N–H and O–H groups in total. The number of aliphatic hydroxyl groups is 1. The summed E-state index contributed by atoms with van der Waals surface area (Å²) in [5.41, 5.74) is 1.99. The lowest BCUT2D eigenvalue weighted by atomic mass is 9.94. The largest absolute Gasteiger partial charge is 0.507 e. The molecule has 43 heavy (non-hydrogen) atoms. The number of ketones is 1. The molecule has 2 saturated heterocycles. The van der Waals surface area contributed by atoms with Gasteiger partial charge in [-0.1, -0.05) is 33.8 Å². The highest BCUT2D eigenvalue weighted by Crippen LogP contribution is 2.42. The van der Waals surface area contributed by atoms with Crippen molar-refractivity contribution in [3.05, 3.63) is 58.7 Å². The van der Waals surface area contributed by atoms with Crippen LogP contribution in [0, 0.1) is 18.8 Å². The molecule has 9 nitrogen and oxygen atoms in total. The summed E-state index contributed by atoms with van der Waals surface area (Å²) >= 11 is 0. The van der Waals surface area contributed by atoms with Crippen LogP contribution in [-0.4, -0.2) is 86.3 Å². The molecule has 2 heterocycles. The number of morpholine rings is 1. The molecule has 4 rings (SSSR count). The summed E-state index contributed by atoms with van der Waals surface area (Å²) in [6.45, 7) is 15.1. The monoisotopic (exact) mass is 594 g/mol. The first-order chi connectivity index (χ1) is 20.6. The molecule has 0 aromatic heterocycles. The molecule has 1 unspecified atom stereocenters. The molecule has 0 radical (unpaired) electrons. The van der Waals surface area contributed by atoms with Crippen LogP contribution in [-0.2, 0) is 14.3 Å². The van der Waals surface area contributed by atoms with Crippen LogP contribution in [0.3, 0.4) is 0 Å². The maximum absolute atomic E-state index is 13.6. The number of amides is 1. The number of carbonyl (C=O) groups is 2. The Balaban J connectivity index is 1.72. The minimum absolute atomic E-state index is 0.0535. The highest BCUT2D eigenvalue weighted by Gasteiger charge is 2.46. The van der Waals surface area contributed by atoms with Gasteiger partial charge in [-0.25, -0.2) is 0 Å². The van der Waals surface area contributed by atoms with E-state index in [9.17, 15) is 14.7 Å². The van der Waals surface area contributed by atoms with Gasteiger partial charge in [0.1, 0.15) is 11.5 Å². The summed E-state index contributed by atoms with van der Waals surface area (Å²) in [5.74, 6) is 1.11. The number of ether oxygens (including phenoxy) is 4. The third-order valence-corrected chi connectivity index (χ3v) is 7.78. The van der Waals surface area contributed by atoms with Gasteiger partial charge in [0, 0.05) is 31.7 Å². The first-order valence-corrected chi connectivity index (χ1v) is 15.2. The second-order valence-corrected chi connectivity index (χ2v) is 12.1. The zero-order chi connectivity index (χ0) is 31.1. The van der Waals surface area contributed by atoms with Crippen LogP contribution in [0.4, 0.5) is 0 Å². The van der Waals surface area contributed by atoms with Crippen molar-refractivity contribution in [1.29, 1.82) is 0 Å². The van der Waals surface area contributed by atoms with Gasteiger partial charge < -0.3 is 29.0 Å². The van der Waals surface area contributed by atoms with Gasteiger partial charge in [0.25, 0.3) is 11.7 Å². The Hall–Kier alpha value is -3.56. The fraction of sp³-hybridized carbons (Fsp3) is 0.529. The average Bonchev–Trinajstić information content (AvgIpc) is 3.24. The summed E-state index contributed by atoms with van der Waals surface area (Å²) in [6, 6.07) is 9.95. The summed E-state index contributed by atoms with van der Waals surface area (Å²) in [7, 11) is 1.56. The summed E-state index contributed by atoms with van der Waals surface area (Å²) < 4.78 is 23.0. The maximum atomic E-state index is 13.6. The van der Waals surface area contributed by atoms with E-state index >= 15 is 0 Å². The number of hydrogen-bond donors (Lipinski definition) is 1. The standard InChI is InChI=1S/C34H46N2O7/c1-22(2)11-16-42-28-10-7-25(20-29(28)40-6)31-30(32(37)26-8-9-27(24(5)19-26)43-21-23(3)4)33(38)34(39)36(31)13-12-35-14-17-41-18-15-35/h7-10,19-20,22-23,31,37H,11-18,21H2,1-6H3. The molecule has 1 amide bonds. The molecule has 2 fully saturated rings. The molecular formula is C34H46N2O7. The average molecular weight is 595 g/mol. The van der Waals surface area contributed by atoms with E-state index in [2.05, 4.69) is 32.6 Å². The van der Waals surface area contributed by atoms with Gasteiger partial charge >= 0.3 is 0 Å². The van der Waals surface area contributed by atoms with E-state index in [-0.39, 0.29) is 11.3 Å². The quantitative estimate of drug-likeness (QED) is 0.192. The molecule has 2 aromatic carbocycles. The number of likely N-dealkylation sites (tertiary alicyclic amines) is 1. The first kappa shape index (κ1) is 32.4. The summed E-state index contributed by atoms with van der Waals surface area (Å²) in [6.07, 6.45) is 0.896. The fourth-order valence-electron chi connectivity index (χ4n) is 5.28. The SMILES string of the molecule is COc1cc(C2C(=C(O)c3ccc(OCC(C)C)c(C)c3)C(=O)C(=O)N2CCN2CCOCC2)ccc1OCCC(C)C. The third kappa shape index (κ3) is 7.89. The Kier molecular flexibility index (Phi) is 11.1. The van der Waals surface area contributed by atoms with Crippen LogP contribution in [0.15, 0.2) is 42.0 Å². The van der Waals surface area contributed by atoms with Gasteiger partial charge in [-0.05, 0) is 66.6 Å². The summed E-state index contributed by atoms with van der Waals surface area (Å²) in [5, 5.41) is 11.6. The Bertz CT molecular complexity index is 1310. The molecule has 1 atom stereocenters. The van der Waals surface area contributed by atoms with Gasteiger partial charge in [0.15, 0.2) is 11.5 Å². The lowest BCUT2D eigenvalue weighted by Crippen LogP contribution is -2.42. The van der Waals surface area contributed by atoms with E-state index in [1.807, 2.05) is 19.1 Å². The van der Waals surface area contributed by atoms with Crippen molar-refractivity contribution in [1.82, 2.24) is 9.80 Å². The van der Waals surface area contributed by atoms with Crippen molar-refractivity contribution < 1.29 is 33.6 Å². The predicted molar refractivity (Wildman–Crippen MR) is 166 cm³/mol. The maximum Gasteiger partial charge on any atom is 0.295 e. The number of rotatable bonds is 13. The van der Waals surface area contributed by atoms with Crippen LogP contribution in [0.1, 0.15) is 56.8 Å². The Morgan fingerprint density at radius 3 is 2.33 bits per heavy atom. The van der Waals surface area contributed by atoms with E-state index in [1.165, 1.54) is 0 Å². The first-order valence-electron chi connectivity index (χ1n) is 15.2. The highest BCUT2D eigenvalue weighted by atomic mass is 16.5. The van der Waals surface area contributed by atoms with E-state index < -0.39 is 17.7 Å². The lowest BCUT2D eigenvalue weighted by molar-refractivity contribution is -0.140. The number of benzene rings is 2. The molecule has 0 aliphatic carbocycles. The van der Waals surface area contributed by atoms with E-state index in [0.29, 0.717) is 79.7 Å². The van der Waals surface area contributed by atoms with Crippen LogP contribution in [0.2, 0.25) is 0 Å². The molecule has 0 spiro atoms. The number of methoxy groups -OCH3 is 1. The molecular weight excluding hydrogens is 548 g/mol. The Morgan fingerprint density at radius 1 is 0.953 bits per heavy atom. The van der Waals surface area contributed by atoms with Crippen LogP contribution in [0.5, 0.6) is 17.2 Å². The van der Waals surface area contributed by atoms with Gasteiger partial charge in [-0.2, -0.15) is 0 Å². The molecule has 0 saturated carbocycles. The van der Waals surface area contributed by atoms with Crippen molar-refractivity contribution in [3.63, 3.8) is 0 Å².